The molecule has 2 aromatic carbocycles. The van der Waals surface area contributed by atoms with E-state index in [1.807, 2.05) is 49.6 Å². The third-order valence-electron chi connectivity index (χ3n) is 3.58. The topological polar surface area (TPSA) is 37.4 Å². The number of benzene rings is 2. The SMILES string of the molecule is C=CCN(c1ccccc1CC)S(=O)(=O)c1ccc(SC)cc1. The van der Waals surface area contributed by atoms with Crippen molar-refractivity contribution in [2.45, 2.75) is 23.1 Å². The molecule has 2 rings (SSSR count). The quantitative estimate of drug-likeness (QED) is 0.552. The highest BCUT2D eigenvalue weighted by atomic mass is 32.2. The fourth-order valence-electron chi connectivity index (χ4n) is 2.37. The van der Waals surface area contributed by atoms with Gasteiger partial charge in [0.05, 0.1) is 17.1 Å². The first-order chi connectivity index (χ1) is 11.0. The van der Waals surface area contributed by atoms with Crippen molar-refractivity contribution in [1.29, 1.82) is 0 Å². The summed E-state index contributed by atoms with van der Waals surface area (Å²) < 4.78 is 27.5. The van der Waals surface area contributed by atoms with Gasteiger partial charge in [-0.25, -0.2) is 8.42 Å². The smallest absolute Gasteiger partial charge is 0.262 e. The van der Waals surface area contributed by atoms with E-state index < -0.39 is 10.0 Å². The molecule has 0 bridgehead atoms. The minimum Gasteiger partial charge on any atom is -0.262 e. The molecule has 0 heterocycles. The van der Waals surface area contributed by atoms with Crippen LogP contribution < -0.4 is 4.31 Å². The Morgan fingerprint density at radius 1 is 1.13 bits per heavy atom. The van der Waals surface area contributed by atoms with Gasteiger partial charge in [0.25, 0.3) is 10.0 Å². The van der Waals surface area contributed by atoms with Gasteiger partial charge in [0.15, 0.2) is 0 Å². The molecule has 0 radical (unpaired) electrons. The zero-order valence-electron chi connectivity index (χ0n) is 13.4. The largest absolute Gasteiger partial charge is 0.264 e. The van der Waals surface area contributed by atoms with E-state index in [-0.39, 0.29) is 6.54 Å². The second-order valence-corrected chi connectivity index (χ2v) is 7.72. The van der Waals surface area contributed by atoms with E-state index in [0.29, 0.717) is 10.6 Å². The summed E-state index contributed by atoms with van der Waals surface area (Å²) in [4.78, 5) is 1.33. The summed E-state index contributed by atoms with van der Waals surface area (Å²) in [5.74, 6) is 0. The van der Waals surface area contributed by atoms with E-state index in [9.17, 15) is 8.42 Å². The Hall–Kier alpha value is -1.72. The minimum atomic E-state index is -3.62. The Labute approximate surface area is 143 Å². The van der Waals surface area contributed by atoms with Crippen LogP contribution in [0.3, 0.4) is 0 Å². The van der Waals surface area contributed by atoms with Crippen molar-refractivity contribution in [3.8, 4) is 0 Å². The van der Waals surface area contributed by atoms with Crippen molar-refractivity contribution in [2.24, 2.45) is 0 Å². The van der Waals surface area contributed by atoms with Crippen molar-refractivity contribution in [3.05, 3.63) is 66.7 Å². The summed E-state index contributed by atoms with van der Waals surface area (Å²) in [6, 6.07) is 14.6. The Kier molecular flexibility index (Phi) is 5.91. The van der Waals surface area contributed by atoms with Gasteiger partial charge in [0.1, 0.15) is 0 Å². The zero-order chi connectivity index (χ0) is 16.9. The summed E-state index contributed by atoms with van der Waals surface area (Å²) in [5.41, 5.74) is 1.71. The van der Waals surface area contributed by atoms with Gasteiger partial charge in [-0.1, -0.05) is 31.2 Å². The van der Waals surface area contributed by atoms with Crippen molar-refractivity contribution in [1.82, 2.24) is 0 Å². The second-order valence-electron chi connectivity index (χ2n) is 4.98. The normalized spacial score (nSPS) is 11.2. The van der Waals surface area contributed by atoms with Gasteiger partial charge in [-0.05, 0) is 48.6 Å². The van der Waals surface area contributed by atoms with Crippen LogP contribution in [0.15, 0.2) is 71.0 Å². The number of anilines is 1. The van der Waals surface area contributed by atoms with E-state index in [1.54, 1.807) is 30.0 Å². The summed E-state index contributed by atoms with van der Waals surface area (Å²) in [6.45, 7) is 5.96. The third kappa shape index (κ3) is 3.79. The second kappa shape index (κ2) is 7.70. The zero-order valence-corrected chi connectivity index (χ0v) is 15.0. The Balaban J connectivity index is 2.52. The predicted octanol–water partition coefficient (Wildman–Crippen LogP) is 4.35. The molecule has 0 aromatic heterocycles. The van der Waals surface area contributed by atoms with E-state index in [2.05, 4.69) is 6.58 Å². The standard InChI is InChI=1S/C18H21NO2S2/c1-4-14-19(18-9-7-6-8-15(18)5-2)23(20,21)17-12-10-16(22-3)11-13-17/h4,6-13H,1,5,14H2,2-3H3. The molecule has 0 N–H and O–H groups in total. The number of hydrogen-bond donors (Lipinski definition) is 0. The van der Waals surface area contributed by atoms with Gasteiger partial charge in [-0.15, -0.1) is 18.3 Å². The molecule has 0 saturated heterocycles. The molecule has 0 saturated carbocycles. The monoisotopic (exact) mass is 347 g/mol. The average Bonchev–Trinajstić information content (AvgIpc) is 2.59. The highest BCUT2D eigenvalue weighted by Crippen LogP contribution is 2.28. The lowest BCUT2D eigenvalue weighted by atomic mass is 10.1. The number of aryl methyl sites for hydroxylation is 1. The number of nitrogens with zero attached hydrogens (tertiary/aromatic N) is 1. The lowest BCUT2D eigenvalue weighted by Crippen LogP contribution is -2.32. The molecule has 0 aliphatic rings. The maximum Gasteiger partial charge on any atom is 0.264 e. The van der Waals surface area contributed by atoms with Gasteiger partial charge in [0, 0.05) is 4.90 Å². The van der Waals surface area contributed by atoms with Gasteiger partial charge >= 0.3 is 0 Å². The number of rotatable bonds is 7. The van der Waals surface area contributed by atoms with E-state index in [0.717, 1.165) is 16.9 Å². The van der Waals surface area contributed by atoms with E-state index in [1.165, 1.54) is 4.31 Å². The fourth-order valence-corrected chi connectivity index (χ4v) is 4.25. The number of sulfonamides is 1. The van der Waals surface area contributed by atoms with E-state index >= 15 is 0 Å². The molecular weight excluding hydrogens is 326 g/mol. The van der Waals surface area contributed by atoms with Crippen LogP contribution in [0, 0.1) is 0 Å². The highest BCUT2D eigenvalue weighted by molar-refractivity contribution is 7.98. The van der Waals surface area contributed by atoms with Gasteiger partial charge in [-0.2, -0.15) is 0 Å². The van der Waals surface area contributed by atoms with Crippen molar-refractivity contribution in [3.63, 3.8) is 0 Å². The molecule has 0 unspecified atom stereocenters. The molecule has 3 nitrogen and oxygen atoms in total. The predicted molar refractivity (Wildman–Crippen MR) is 98.8 cm³/mol. The maximum atomic E-state index is 13.1. The van der Waals surface area contributed by atoms with Crippen LogP contribution in [0.25, 0.3) is 0 Å². The molecule has 0 atom stereocenters. The Bertz CT molecular complexity index is 768. The maximum absolute atomic E-state index is 13.1. The molecule has 0 amide bonds. The summed E-state index contributed by atoms with van der Waals surface area (Å²) in [5, 5.41) is 0. The van der Waals surface area contributed by atoms with Crippen LogP contribution in [0.1, 0.15) is 12.5 Å². The van der Waals surface area contributed by atoms with Crippen LogP contribution >= 0.6 is 11.8 Å². The fraction of sp³-hybridized carbons (Fsp3) is 0.222. The van der Waals surface area contributed by atoms with Crippen LogP contribution in [0.4, 0.5) is 5.69 Å². The lowest BCUT2D eigenvalue weighted by Gasteiger charge is -2.25. The van der Waals surface area contributed by atoms with Crippen molar-refractivity contribution >= 4 is 27.5 Å². The number of thioether (sulfide) groups is 1. The minimum absolute atomic E-state index is 0.240. The van der Waals surface area contributed by atoms with Crippen LogP contribution in [-0.4, -0.2) is 21.2 Å². The molecule has 0 spiro atoms. The van der Waals surface area contributed by atoms with Crippen LogP contribution in [0.5, 0.6) is 0 Å². The summed E-state index contributed by atoms with van der Waals surface area (Å²) in [6.07, 6.45) is 4.34. The average molecular weight is 348 g/mol. The molecule has 0 aliphatic heterocycles. The summed E-state index contributed by atoms with van der Waals surface area (Å²) in [7, 11) is -3.62. The third-order valence-corrected chi connectivity index (χ3v) is 6.12. The first-order valence-electron chi connectivity index (χ1n) is 7.40. The molecule has 2 aromatic rings. The molecule has 0 aliphatic carbocycles. The van der Waals surface area contributed by atoms with Crippen molar-refractivity contribution < 1.29 is 8.42 Å². The lowest BCUT2D eigenvalue weighted by molar-refractivity contribution is 0.592. The molecular formula is C18H21NO2S2. The van der Waals surface area contributed by atoms with Crippen molar-refractivity contribution in [2.75, 3.05) is 17.1 Å². The van der Waals surface area contributed by atoms with Crippen LogP contribution in [-0.2, 0) is 16.4 Å². The van der Waals surface area contributed by atoms with Gasteiger partial charge < -0.3 is 0 Å². The van der Waals surface area contributed by atoms with Gasteiger partial charge in [-0.3, -0.25) is 4.31 Å². The first kappa shape index (κ1) is 17.6. The molecule has 122 valence electrons. The molecule has 23 heavy (non-hydrogen) atoms. The Morgan fingerprint density at radius 2 is 1.78 bits per heavy atom. The first-order valence-corrected chi connectivity index (χ1v) is 10.1. The number of para-hydroxylation sites is 1. The molecule has 5 heteroatoms. The van der Waals surface area contributed by atoms with Crippen LogP contribution in [0.2, 0.25) is 0 Å². The van der Waals surface area contributed by atoms with Gasteiger partial charge in [0.2, 0.25) is 0 Å². The molecule has 0 fully saturated rings. The number of hydrogen-bond acceptors (Lipinski definition) is 3. The summed E-state index contributed by atoms with van der Waals surface area (Å²) >= 11 is 1.58. The van der Waals surface area contributed by atoms with E-state index in [4.69, 9.17) is 0 Å². The Morgan fingerprint density at radius 3 is 2.35 bits per heavy atom. The highest BCUT2D eigenvalue weighted by Gasteiger charge is 2.25.